The predicted molar refractivity (Wildman–Crippen MR) is 104 cm³/mol. The fraction of sp³-hybridized carbons (Fsp3) is 0.263. The minimum Gasteiger partial charge on any atom is -0.298 e. The van der Waals surface area contributed by atoms with Crippen LogP contribution in [0.5, 0.6) is 0 Å². The Morgan fingerprint density at radius 2 is 1.63 bits per heavy atom. The molecule has 1 amide bonds. The predicted octanol–water partition coefficient (Wildman–Crippen LogP) is 3.41. The number of nitrogens with one attached hydrogen (secondary N) is 3. The molecule has 0 radical (unpaired) electrons. The molecule has 11 heteroatoms. The number of anilines is 1. The maximum atomic E-state index is 13.2. The zero-order valence-corrected chi connectivity index (χ0v) is 17.1. The van der Waals surface area contributed by atoms with Crippen LogP contribution in [0.3, 0.4) is 0 Å². The van der Waals surface area contributed by atoms with E-state index in [0.717, 1.165) is 6.07 Å². The third kappa shape index (κ3) is 5.95. The van der Waals surface area contributed by atoms with Gasteiger partial charge >= 0.3 is 6.18 Å². The first kappa shape index (κ1) is 23.2. The summed E-state index contributed by atoms with van der Waals surface area (Å²) in [6, 6.07) is 9.37. The fourth-order valence-electron chi connectivity index (χ4n) is 2.40. The second-order valence-electron chi connectivity index (χ2n) is 7.33. The van der Waals surface area contributed by atoms with Crippen LogP contribution in [0.15, 0.2) is 47.4 Å². The second-order valence-corrected chi connectivity index (χ2v) is 9.01. The minimum atomic E-state index is -4.74. The fourth-order valence-corrected chi connectivity index (χ4v) is 3.82. The van der Waals surface area contributed by atoms with E-state index in [4.69, 9.17) is 5.26 Å². The lowest BCUT2D eigenvalue weighted by Crippen LogP contribution is -2.40. The van der Waals surface area contributed by atoms with E-state index in [1.165, 1.54) is 30.3 Å². The number of carbonyl (C=O) groups excluding carboxylic acids is 1. The molecule has 0 fully saturated rings. The van der Waals surface area contributed by atoms with E-state index < -0.39 is 38.9 Å². The van der Waals surface area contributed by atoms with Crippen molar-refractivity contribution < 1.29 is 26.4 Å². The molecule has 7 nitrogen and oxygen atoms in total. The lowest BCUT2D eigenvalue weighted by Gasteiger charge is -2.20. The van der Waals surface area contributed by atoms with Crippen LogP contribution in [-0.2, 0) is 16.2 Å². The number of hydrazine groups is 1. The third-order valence-electron chi connectivity index (χ3n) is 3.63. The molecule has 0 aliphatic carbocycles. The number of alkyl halides is 3. The number of amides is 1. The van der Waals surface area contributed by atoms with Crippen molar-refractivity contribution >= 4 is 21.6 Å². The smallest absolute Gasteiger partial charge is 0.298 e. The Hall–Kier alpha value is -3.10. The van der Waals surface area contributed by atoms with Gasteiger partial charge in [0.25, 0.3) is 5.91 Å². The van der Waals surface area contributed by atoms with Crippen LogP contribution in [0, 0.1) is 11.3 Å². The molecular formula is C19H19F3N4O3S. The highest BCUT2D eigenvalue weighted by Gasteiger charge is 2.34. The summed E-state index contributed by atoms with van der Waals surface area (Å²) in [4.78, 5) is 12.2. The van der Waals surface area contributed by atoms with Gasteiger partial charge in [0.05, 0.1) is 27.8 Å². The van der Waals surface area contributed by atoms with E-state index in [1.54, 1.807) is 26.8 Å². The van der Waals surface area contributed by atoms with Crippen LogP contribution >= 0.6 is 0 Å². The maximum Gasteiger partial charge on any atom is 0.418 e. The van der Waals surface area contributed by atoms with Crippen LogP contribution in [-0.4, -0.2) is 19.9 Å². The van der Waals surface area contributed by atoms with Crippen molar-refractivity contribution in [3.05, 3.63) is 59.2 Å². The average molecular weight is 440 g/mol. The van der Waals surface area contributed by atoms with Crippen LogP contribution in [0.2, 0.25) is 0 Å². The van der Waals surface area contributed by atoms with Gasteiger partial charge in [-0.2, -0.15) is 18.4 Å². The lowest BCUT2D eigenvalue weighted by molar-refractivity contribution is -0.137. The molecule has 2 rings (SSSR count). The van der Waals surface area contributed by atoms with E-state index >= 15 is 0 Å². The summed E-state index contributed by atoms with van der Waals surface area (Å²) in [5.74, 6) is -0.778. The summed E-state index contributed by atoms with van der Waals surface area (Å²) in [6.45, 7) is 5.03. The quantitative estimate of drug-likeness (QED) is 0.617. The molecule has 0 bridgehead atoms. The SMILES string of the molecule is CC(C)(C)NS(=O)(=O)c1ccc(C(=O)NNc2ccc(C#N)cc2C(F)(F)F)cc1. The molecule has 2 aromatic carbocycles. The molecular weight excluding hydrogens is 421 g/mol. The molecule has 0 unspecified atom stereocenters. The molecule has 0 saturated heterocycles. The number of halogens is 3. The van der Waals surface area contributed by atoms with Gasteiger partial charge in [0.2, 0.25) is 10.0 Å². The second kappa shape index (κ2) is 8.33. The summed E-state index contributed by atoms with van der Waals surface area (Å²) in [6.07, 6.45) is -4.74. The molecule has 2 aromatic rings. The molecule has 160 valence electrons. The maximum absolute atomic E-state index is 13.2. The van der Waals surface area contributed by atoms with Crippen LogP contribution in [0.4, 0.5) is 18.9 Å². The molecule has 0 aromatic heterocycles. The number of nitrogens with zero attached hydrogens (tertiary/aromatic N) is 1. The molecule has 0 aliphatic rings. The van der Waals surface area contributed by atoms with Crippen molar-refractivity contribution in [1.82, 2.24) is 10.1 Å². The highest BCUT2D eigenvalue weighted by atomic mass is 32.2. The summed E-state index contributed by atoms with van der Waals surface area (Å²) >= 11 is 0. The Bertz CT molecular complexity index is 1080. The van der Waals surface area contributed by atoms with E-state index in [2.05, 4.69) is 15.6 Å². The Morgan fingerprint density at radius 3 is 2.13 bits per heavy atom. The van der Waals surface area contributed by atoms with Crippen LogP contribution < -0.4 is 15.6 Å². The van der Waals surface area contributed by atoms with E-state index in [0.29, 0.717) is 6.07 Å². The molecule has 3 N–H and O–H groups in total. The van der Waals surface area contributed by atoms with Gasteiger partial charge in [-0.1, -0.05) is 0 Å². The first-order valence-electron chi connectivity index (χ1n) is 8.55. The highest BCUT2D eigenvalue weighted by molar-refractivity contribution is 7.89. The zero-order chi connectivity index (χ0) is 22.7. The number of sulfonamides is 1. The van der Waals surface area contributed by atoms with Crippen LogP contribution in [0.1, 0.15) is 42.3 Å². The van der Waals surface area contributed by atoms with Crippen molar-refractivity contribution in [2.24, 2.45) is 0 Å². The van der Waals surface area contributed by atoms with Gasteiger partial charge < -0.3 is 0 Å². The number of hydrogen-bond donors (Lipinski definition) is 3. The molecule has 30 heavy (non-hydrogen) atoms. The Balaban J connectivity index is 2.16. The molecule has 0 aliphatic heterocycles. The summed E-state index contributed by atoms with van der Waals surface area (Å²) < 4.78 is 66.5. The van der Waals surface area contributed by atoms with E-state index in [9.17, 15) is 26.4 Å². The van der Waals surface area contributed by atoms with Crippen LogP contribution in [0.25, 0.3) is 0 Å². The summed E-state index contributed by atoms with van der Waals surface area (Å²) in [5.41, 5.74) is 1.90. The average Bonchev–Trinajstić information content (AvgIpc) is 2.63. The number of nitriles is 1. The Kier molecular flexibility index (Phi) is 6.44. The number of rotatable bonds is 5. The zero-order valence-electron chi connectivity index (χ0n) is 16.3. The van der Waals surface area contributed by atoms with Gasteiger partial charge in [-0.25, -0.2) is 13.1 Å². The molecule has 0 heterocycles. The molecule has 0 atom stereocenters. The number of carbonyl (C=O) groups is 1. The standard InChI is InChI=1S/C19H19F3N4O3S/c1-18(2,3)26-30(28,29)14-7-5-13(6-8-14)17(27)25-24-16-9-4-12(11-23)10-15(16)19(20,21)22/h4-10,24,26H,1-3H3,(H,25,27). The Morgan fingerprint density at radius 1 is 1.03 bits per heavy atom. The summed E-state index contributed by atoms with van der Waals surface area (Å²) in [7, 11) is -3.79. The van der Waals surface area contributed by atoms with Gasteiger partial charge in [-0.05, 0) is 63.2 Å². The highest BCUT2D eigenvalue weighted by Crippen LogP contribution is 2.35. The normalized spacial score (nSPS) is 12.2. The number of hydrogen-bond acceptors (Lipinski definition) is 5. The van der Waals surface area contributed by atoms with Gasteiger partial charge in [0.15, 0.2) is 0 Å². The Labute approximate surface area is 171 Å². The van der Waals surface area contributed by atoms with Crippen molar-refractivity contribution in [2.45, 2.75) is 37.4 Å². The first-order valence-corrected chi connectivity index (χ1v) is 10.0. The third-order valence-corrected chi connectivity index (χ3v) is 5.41. The van der Waals surface area contributed by atoms with Crippen molar-refractivity contribution in [3.63, 3.8) is 0 Å². The van der Waals surface area contributed by atoms with Gasteiger partial charge in [-0.15, -0.1) is 0 Å². The minimum absolute atomic E-state index is 0.0272. The first-order chi connectivity index (χ1) is 13.7. The number of benzene rings is 2. The van der Waals surface area contributed by atoms with Crippen molar-refractivity contribution in [1.29, 1.82) is 5.26 Å². The monoisotopic (exact) mass is 440 g/mol. The van der Waals surface area contributed by atoms with Crippen molar-refractivity contribution in [3.8, 4) is 6.07 Å². The largest absolute Gasteiger partial charge is 0.418 e. The van der Waals surface area contributed by atoms with Gasteiger partial charge in [-0.3, -0.25) is 15.6 Å². The summed E-state index contributed by atoms with van der Waals surface area (Å²) in [5, 5.41) is 8.77. The van der Waals surface area contributed by atoms with Gasteiger partial charge in [0.1, 0.15) is 0 Å². The van der Waals surface area contributed by atoms with Crippen molar-refractivity contribution in [2.75, 3.05) is 5.43 Å². The lowest BCUT2D eigenvalue weighted by atomic mass is 10.1. The molecule has 0 spiro atoms. The van der Waals surface area contributed by atoms with E-state index in [1.807, 2.05) is 0 Å². The molecule has 0 saturated carbocycles. The topological polar surface area (TPSA) is 111 Å². The van der Waals surface area contributed by atoms with Gasteiger partial charge in [0, 0.05) is 11.1 Å². The van der Waals surface area contributed by atoms with E-state index in [-0.39, 0.29) is 16.0 Å².